The average Bonchev–Trinajstić information content (AvgIpc) is 3.46. The molecule has 282 valence electrons. The van der Waals surface area contributed by atoms with Crippen molar-refractivity contribution in [3.8, 4) is 0 Å². The van der Waals surface area contributed by atoms with Crippen LogP contribution < -0.4 is 27.0 Å². The van der Waals surface area contributed by atoms with Crippen molar-refractivity contribution in [2.24, 2.45) is 17.6 Å². The molecular weight excluding hydrogens is 686 g/mol. The van der Waals surface area contributed by atoms with Gasteiger partial charge >= 0.3 is 30.3 Å². The lowest BCUT2D eigenvalue weighted by molar-refractivity contribution is -0.193. The van der Waals surface area contributed by atoms with Crippen LogP contribution in [0.25, 0.3) is 0 Å². The molecule has 9 N–H and O–H groups in total. The summed E-state index contributed by atoms with van der Waals surface area (Å²) < 4.78 is 63.5. The van der Waals surface area contributed by atoms with Crippen molar-refractivity contribution in [1.82, 2.24) is 26.2 Å². The fraction of sp³-hybridized carbons (Fsp3) is 0.692. The van der Waals surface area contributed by atoms with Crippen LogP contribution in [0.15, 0.2) is 0 Å². The molecule has 0 unspecified atom stereocenters. The van der Waals surface area contributed by atoms with Crippen LogP contribution in [0.1, 0.15) is 47.5 Å². The number of likely N-dealkylation sites (tertiary alicyclic amines) is 1. The number of alkyl halides is 6. The molecular formula is C26H40F6N6O11. The van der Waals surface area contributed by atoms with Crippen LogP contribution in [0.2, 0.25) is 0 Å². The smallest absolute Gasteiger partial charge is 0.480 e. The minimum atomic E-state index is -5.08. The van der Waals surface area contributed by atoms with Crippen LogP contribution in [0.4, 0.5) is 26.3 Å². The lowest BCUT2D eigenvalue weighted by Crippen LogP contribution is -2.57. The highest BCUT2D eigenvalue weighted by Gasteiger charge is 2.39. The highest BCUT2D eigenvalue weighted by atomic mass is 19.4. The zero-order chi connectivity index (χ0) is 39.0. The van der Waals surface area contributed by atoms with Crippen LogP contribution in [0, 0.1) is 11.8 Å². The van der Waals surface area contributed by atoms with E-state index in [9.17, 15) is 55.1 Å². The summed E-state index contributed by atoms with van der Waals surface area (Å²) in [7, 11) is 0. The summed E-state index contributed by atoms with van der Waals surface area (Å²) >= 11 is 0. The first-order valence-electron chi connectivity index (χ1n) is 14.2. The monoisotopic (exact) mass is 726 g/mol. The Morgan fingerprint density at radius 2 is 1.22 bits per heavy atom. The fourth-order valence-corrected chi connectivity index (χ4v) is 3.54. The van der Waals surface area contributed by atoms with Crippen LogP contribution in [0.5, 0.6) is 0 Å². The van der Waals surface area contributed by atoms with Gasteiger partial charge in [0.2, 0.25) is 29.5 Å². The molecule has 0 bridgehead atoms. The number of rotatable bonds is 12. The first-order valence-corrected chi connectivity index (χ1v) is 14.2. The van der Waals surface area contributed by atoms with Gasteiger partial charge in [0, 0.05) is 6.54 Å². The lowest BCUT2D eigenvalue weighted by atomic mass is 10.0. The van der Waals surface area contributed by atoms with Gasteiger partial charge in [-0.15, -0.1) is 0 Å². The van der Waals surface area contributed by atoms with Gasteiger partial charge in [-0.25, -0.2) is 9.59 Å². The van der Waals surface area contributed by atoms with E-state index in [-0.39, 0.29) is 18.4 Å². The van der Waals surface area contributed by atoms with Gasteiger partial charge < -0.3 is 47.2 Å². The summed E-state index contributed by atoms with van der Waals surface area (Å²) in [6, 6.07) is -3.54. The largest absolute Gasteiger partial charge is 0.490 e. The molecule has 1 aliphatic rings. The molecule has 0 aromatic heterocycles. The van der Waals surface area contributed by atoms with Crippen molar-refractivity contribution in [3.05, 3.63) is 0 Å². The number of nitrogens with zero attached hydrogens (tertiary/aromatic N) is 1. The van der Waals surface area contributed by atoms with E-state index in [1.165, 1.54) is 11.8 Å². The molecule has 0 aromatic carbocycles. The molecule has 0 aliphatic carbocycles. The van der Waals surface area contributed by atoms with E-state index in [1.54, 1.807) is 27.7 Å². The predicted molar refractivity (Wildman–Crippen MR) is 153 cm³/mol. The van der Waals surface area contributed by atoms with E-state index in [0.717, 1.165) is 0 Å². The number of carboxylic acid groups (broad SMARTS) is 3. The Balaban J connectivity index is 0. The SMILES string of the molecule is CC(C)[C@H](N)C(=O)NCC(=O)N[C@H](C(=O)N[C@@H](C)C(=O)N1CCC[C@H]1C(=O)NCC(=O)O)C(C)C.O=C(O)C(F)(F)F.O=C(O)C(F)(F)F. The summed E-state index contributed by atoms with van der Waals surface area (Å²) in [5.41, 5.74) is 5.74. The van der Waals surface area contributed by atoms with E-state index in [0.29, 0.717) is 19.4 Å². The number of hydrogen-bond donors (Lipinski definition) is 8. The molecule has 49 heavy (non-hydrogen) atoms. The first kappa shape index (κ1) is 46.4. The zero-order valence-corrected chi connectivity index (χ0v) is 26.9. The van der Waals surface area contributed by atoms with Crippen LogP contribution in [-0.4, -0.2) is 124 Å². The standard InChI is InChI=1S/C22H38N6O7.2C2HF3O2/c1-11(2)17(23)20(33)24-9-15(29)27-18(12(3)4)21(34)26-13(5)22(35)28-8-6-7-14(28)19(32)25-10-16(30)31;2*3-2(4,5)1(6)7/h11-14,17-18H,6-10,23H2,1-5H3,(H,24,33)(H,25,32)(H,26,34)(H,27,29)(H,30,31);2*(H,6,7)/t13-,14-,17-,18-;;/m0../s1. The number of aliphatic carboxylic acids is 3. The third kappa shape index (κ3) is 18.4. The lowest BCUT2D eigenvalue weighted by Gasteiger charge is -2.28. The molecule has 0 saturated carbocycles. The number of amides is 5. The molecule has 17 nitrogen and oxygen atoms in total. The van der Waals surface area contributed by atoms with Crippen molar-refractivity contribution in [2.75, 3.05) is 19.6 Å². The molecule has 1 rings (SSSR count). The Hall–Kier alpha value is -4.70. The number of nitrogens with one attached hydrogen (secondary N) is 4. The molecule has 0 aromatic rings. The topological polar surface area (TPSA) is 275 Å². The Morgan fingerprint density at radius 3 is 1.61 bits per heavy atom. The zero-order valence-electron chi connectivity index (χ0n) is 26.9. The highest BCUT2D eigenvalue weighted by Crippen LogP contribution is 2.19. The molecule has 5 amide bonds. The number of carbonyl (C=O) groups is 8. The number of hydrogen-bond acceptors (Lipinski definition) is 9. The molecule has 0 radical (unpaired) electrons. The predicted octanol–water partition coefficient (Wildman–Crippen LogP) is -0.810. The van der Waals surface area contributed by atoms with Gasteiger partial charge in [0.05, 0.1) is 12.6 Å². The van der Waals surface area contributed by atoms with E-state index in [2.05, 4.69) is 21.3 Å². The van der Waals surface area contributed by atoms with Crippen LogP contribution in [0.3, 0.4) is 0 Å². The van der Waals surface area contributed by atoms with Gasteiger partial charge in [-0.3, -0.25) is 28.8 Å². The number of carboxylic acids is 3. The molecule has 0 spiro atoms. The van der Waals surface area contributed by atoms with E-state index in [1.807, 2.05) is 0 Å². The maximum Gasteiger partial charge on any atom is 0.490 e. The first-order chi connectivity index (χ1) is 22.1. The van der Waals surface area contributed by atoms with Gasteiger partial charge in [0.1, 0.15) is 24.7 Å². The molecule has 1 aliphatic heterocycles. The summed E-state index contributed by atoms with van der Waals surface area (Å²) in [6.07, 6.45) is -9.22. The Bertz CT molecular complexity index is 1170. The summed E-state index contributed by atoms with van der Waals surface area (Å²) in [4.78, 5) is 92.1. The number of nitrogens with two attached hydrogens (primary N) is 1. The normalized spacial score (nSPS) is 16.0. The third-order valence-corrected chi connectivity index (χ3v) is 6.18. The fourth-order valence-electron chi connectivity index (χ4n) is 3.54. The molecule has 1 fully saturated rings. The Kier molecular flexibility index (Phi) is 19.5. The molecule has 1 heterocycles. The average molecular weight is 727 g/mol. The summed E-state index contributed by atoms with van der Waals surface area (Å²) in [5.74, 6) is -9.85. The maximum atomic E-state index is 12.9. The number of halogens is 6. The Morgan fingerprint density at radius 1 is 0.755 bits per heavy atom. The van der Waals surface area contributed by atoms with E-state index < -0.39 is 90.5 Å². The number of carbonyl (C=O) groups excluding carboxylic acids is 5. The van der Waals surface area contributed by atoms with Crippen molar-refractivity contribution < 1.29 is 80.0 Å². The molecule has 1 saturated heterocycles. The van der Waals surface area contributed by atoms with Crippen molar-refractivity contribution in [1.29, 1.82) is 0 Å². The van der Waals surface area contributed by atoms with Crippen LogP contribution in [-0.2, 0) is 38.4 Å². The van der Waals surface area contributed by atoms with Crippen molar-refractivity contribution in [2.45, 2.75) is 84.0 Å². The molecule has 4 atom stereocenters. The van der Waals surface area contributed by atoms with Gasteiger partial charge in [0.25, 0.3) is 0 Å². The summed E-state index contributed by atoms with van der Waals surface area (Å²) in [6.45, 7) is 7.84. The van der Waals surface area contributed by atoms with Gasteiger partial charge in [-0.2, -0.15) is 26.3 Å². The second-order valence-corrected chi connectivity index (χ2v) is 10.9. The van der Waals surface area contributed by atoms with E-state index in [4.69, 9.17) is 30.6 Å². The third-order valence-electron chi connectivity index (χ3n) is 6.18. The van der Waals surface area contributed by atoms with Gasteiger partial charge in [-0.1, -0.05) is 27.7 Å². The second-order valence-electron chi connectivity index (χ2n) is 10.9. The molecule has 23 heteroatoms. The maximum absolute atomic E-state index is 12.9. The quantitative estimate of drug-likeness (QED) is 0.115. The second kappa shape index (κ2) is 20.6. The van der Waals surface area contributed by atoms with Crippen molar-refractivity contribution >= 4 is 47.4 Å². The van der Waals surface area contributed by atoms with E-state index >= 15 is 0 Å². The summed E-state index contributed by atoms with van der Waals surface area (Å²) in [5, 5.41) is 32.8. The minimum Gasteiger partial charge on any atom is -0.480 e. The van der Waals surface area contributed by atoms with Crippen LogP contribution >= 0.6 is 0 Å². The van der Waals surface area contributed by atoms with Crippen molar-refractivity contribution in [3.63, 3.8) is 0 Å². The van der Waals surface area contributed by atoms with Gasteiger partial charge in [-0.05, 0) is 31.6 Å². The Labute approximate surface area is 275 Å². The highest BCUT2D eigenvalue weighted by molar-refractivity contribution is 5.95. The van der Waals surface area contributed by atoms with Gasteiger partial charge in [0.15, 0.2) is 0 Å². The minimum absolute atomic E-state index is 0.107.